The maximum atomic E-state index is 8.48. The number of benzene rings is 2. The van der Waals surface area contributed by atoms with Gasteiger partial charge in [0.15, 0.2) is 6.61 Å². The van der Waals surface area contributed by atoms with Crippen LogP contribution in [0.15, 0.2) is 54.9 Å². The van der Waals surface area contributed by atoms with Gasteiger partial charge in [0.1, 0.15) is 24.0 Å². The Kier molecular flexibility index (Phi) is 4.12. The van der Waals surface area contributed by atoms with E-state index in [2.05, 4.69) is 15.3 Å². The average molecular weight is 290 g/mol. The predicted octanol–water partition coefficient (Wildman–Crippen LogP) is 3.14. The van der Waals surface area contributed by atoms with Gasteiger partial charge in [0.05, 0.1) is 5.52 Å². The van der Waals surface area contributed by atoms with E-state index >= 15 is 0 Å². The van der Waals surface area contributed by atoms with Crippen LogP contribution >= 0.6 is 0 Å². The highest BCUT2D eigenvalue weighted by molar-refractivity contribution is 5.88. The first-order valence-corrected chi connectivity index (χ1v) is 6.89. The number of hydrogen-bond acceptors (Lipinski definition) is 5. The summed E-state index contributed by atoms with van der Waals surface area (Å²) in [7, 11) is 0. The van der Waals surface area contributed by atoms with Crippen LogP contribution in [0.25, 0.3) is 10.9 Å². The maximum absolute atomic E-state index is 8.48. The monoisotopic (exact) mass is 290 g/mol. The van der Waals surface area contributed by atoms with Crippen LogP contribution in [0.1, 0.15) is 5.56 Å². The molecular weight excluding hydrogens is 276 g/mol. The maximum Gasteiger partial charge on any atom is 0.174 e. The zero-order chi connectivity index (χ0) is 15.2. The highest BCUT2D eigenvalue weighted by Gasteiger charge is 2.02. The molecule has 0 fully saturated rings. The van der Waals surface area contributed by atoms with Gasteiger partial charge in [0.2, 0.25) is 0 Å². The van der Waals surface area contributed by atoms with Gasteiger partial charge in [-0.1, -0.05) is 24.3 Å². The van der Waals surface area contributed by atoms with E-state index in [1.165, 1.54) is 0 Å². The number of nitrogens with one attached hydrogen (secondary N) is 1. The van der Waals surface area contributed by atoms with Crippen LogP contribution in [0.2, 0.25) is 0 Å². The standard InChI is InChI=1S/C17H14N4O/c18-9-10-22-14-7-5-13(6-8-14)11-19-17-15-3-1-2-4-16(15)20-12-21-17/h1-8,12H,10-11H2,(H,19,20,21). The zero-order valence-electron chi connectivity index (χ0n) is 11.9. The van der Waals surface area contributed by atoms with E-state index in [0.29, 0.717) is 12.3 Å². The highest BCUT2D eigenvalue weighted by atomic mass is 16.5. The topological polar surface area (TPSA) is 70.8 Å². The molecule has 1 N–H and O–H groups in total. The predicted molar refractivity (Wildman–Crippen MR) is 84.4 cm³/mol. The summed E-state index contributed by atoms with van der Waals surface area (Å²) in [6.07, 6.45) is 1.56. The number of aromatic nitrogens is 2. The number of ether oxygens (including phenoxy) is 1. The Morgan fingerprint density at radius 3 is 2.68 bits per heavy atom. The molecule has 0 radical (unpaired) electrons. The molecule has 2 aromatic carbocycles. The van der Waals surface area contributed by atoms with Crippen molar-refractivity contribution in [1.82, 2.24) is 9.97 Å². The molecule has 1 aromatic heterocycles. The molecule has 108 valence electrons. The van der Waals surface area contributed by atoms with E-state index < -0.39 is 0 Å². The molecule has 3 aromatic rings. The highest BCUT2D eigenvalue weighted by Crippen LogP contribution is 2.19. The normalized spacial score (nSPS) is 10.1. The minimum absolute atomic E-state index is 0.0600. The summed E-state index contributed by atoms with van der Waals surface area (Å²) in [5, 5.41) is 12.8. The van der Waals surface area contributed by atoms with Crippen LogP contribution in [0.4, 0.5) is 5.82 Å². The SMILES string of the molecule is N#CCOc1ccc(CNc2ncnc3ccccc23)cc1. The third-order valence-corrected chi connectivity index (χ3v) is 3.23. The number of nitriles is 1. The summed E-state index contributed by atoms with van der Waals surface area (Å²) in [4.78, 5) is 8.54. The second kappa shape index (κ2) is 6.55. The van der Waals surface area contributed by atoms with Gasteiger partial charge in [-0.25, -0.2) is 9.97 Å². The lowest BCUT2D eigenvalue weighted by atomic mass is 10.2. The second-order valence-electron chi connectivity index (χ2n) is 4.68. The van der Waals surface area contributed by atoms with Gasteiger partial charge in [-0.05, 0) is 29.8 Å². The van der Waals surface area contributed by atoms with Gasteiger partial charge in [0, 0.05) is 11.9 Å². The smallest absolute Gasteiger partial charge is 0.174 e. The Balaban J connectivity index is 1.70. The Bertz CT molecular complexity index is 804. The fourth-order valence-electron chi connectivity index (χ4n) is 2.15. The third-order valence-electron chi connectivity index (χ3n) is 3.23. The fraction of sp³-hybridized carbons (Fsp3) is 0.118. The summed E-state index contributed by atoms with van der Waals surface area (Å²) in [6, 6.07) is 17.5. The largest absolute Gasteiger partial charge is 0.479 e. The van der Waals surface area contributed by atoms with E-state index in [4.69, 9.17) is 10.00 Å². The molecule has 0 aliphatic rings. The summed E-state index contributed by atoms with van der Waals surface area (Å²) >= 11 is 0. The summed E-state index contributed by atoms with van der Waals surface area (Å²) in [5.41, 5.74) is 2.02. The van der Waals surface area contributed by atoms with Crippen molar-refractivity contribution < 1.29 is 4.74 Å². The molecule has 3 rings (SSSR count). The first kappa shape index (κ1) is 13.8. The third kappa shape index (κ3) is 3.13. The van der Waals surface area contributed by atoms with Crippen molar-refractivity contribution in [3.05, 3.63) is 60.4 Å². The molecule has 0 aliphatic carbocycles. The Morgan fingerprint density at radius 1 is 1.05 bits per heavy atom. The molecule has 0 saturated carbocycles. The lowest BCUT2D eigenvalue weighted by Gasteiger charge is -2.09. The van der Waals surface area contributed by atoms with E-state index in [9.17, 15) is 0 Å². The number of nitrogens with zero attached hydrogens (tertiary/aromatic N) is 3. The van der Waals surface area contributed by atoms with E-state index in [-0.39, 0.29) is 6.61 Å². The minimum atomic E-state index is 0.0600. The molecule has 0 saturated heterocycles. The van der Waals surface area contributed by atoms with Gasteiger partial charge in [0.25, 0.3) is 0 Å². The number of rotatable bonds is 5. The number of fused-ring (bicyclic) bond motifs is 1. The van der Waals surface area contributed by atoms with Crippen molar-refractivity contribution in [3.63, 3.8) is 0 Å². The molecule has 0 unspecified atom stereocenters. The molecule has 1 heterocycles. The summed E-state index contributed by atoms with van der Waals surface area (Å²) < 4.78 is 5.23. The molecule has 0 atom stereocenters. The Hall–Kier alpha value is -3.13. The molecule has 0 bridgehead atoms. The molecular formula is C17H14N4O. The first-order chi connectivity index (χ1) is 10.9. The van der Waals surface area contributed by atoms with Crippen molar-refractivity contribution in [2.45, 2.75) is 6.54 Å². The lowest BCUT2D eigenvalue weighted by Crippen LogP contribution is -2.02. The van der Waals surface area contributed by atoms with Crippen molar-refractivity contribution in [3.8, 4) is 11.8 Å². The minimum Gasteiger partial charge on any atom is -0.479 e. The number of anilines is 1. The van der Waals surface area contributed by atoms with Crippen molar-refractivity contribution >= 4 is 16.7 Å². The van der Waals surface area contributed by atoms with E-state index in [1.54, 1.807) is 6.33 Å². The summed E-state index contributed by atoms with van der Waals surface area (Å²) in [5.74, 6) is 1.51. The van der Waals surface area contributed by atoms with Crippen molar-refractivity contribution in [1.29, 1.82) is 5.26 Å². The van der Waals surface area contributed by atoms with Crippen LogP contribution < -0.4 is 10.1 Å². The van der Waals surface area contributed by atoms with Gasteiger partial charge in [-0.15, -0.1) is 0 Å². The Morgan fingerprint density at radius 2 is 1.86 bits per heavy atom. The fourth-order valence-corrected chi connectivity index (χ4v) is 2.15. The van der Waals surface area contributed by atoms with Crippen LogP contribution in [0.3, 0.4) is 0 Å². The molecule has 0 amide bonds. The van der Waals surface area contributed by atoms with Crippen LogP contribution in [-0.4, -0.2) is 16.6 Å². The van der Waals surface area contributed by atoms with Crippen LogP contribution in [0, 0.1) is 11.3 Å². The van der Waals surface area contributed by atoms with Gasteiger partial charge in [-0.2, -0.15) is 5.26 Å². The molecule has 5 heteroatoms. The van der Waals surface area contributed by atoms with E-state index in [1.807, 2.05) is 54.6 Å². The van der Waals surface area contributed by atoms with Crippen molar-refractivity contribution in [2.24, 2.45) is 0 Å². The number of hydrogen-bond donors (Lipinski definition) is 1. The first-order valence-electron chi connectivity index (χ1n) is 6.89. The van der Waals surface area contributed by atoms with E-state index in [0.717, 1.165) is 22.3 Å². The van der Waals surface area contributed by atoms with Gasteiger partial charge in [-0.3, -0.25) is 0 Å². The molecule has 5 nitrogen and oxygen atoms in total. The number of para-hydroxylation sites is 1. The van der Waals surface area contributed by atoms with Gasteiger partial charge >= 0.3 is 0 Å². The average Bonchev–Trinajstić information content (AvgIpc) is 2.59. The second-order valence-corrected chi connectivity index (χ2v) is 4.68. The Labute approximate surface area is 128 Å². The molecule has 0 aliphatic heterocycles. The van der Waals surface area contributed by atoms with Gasteiger partial charge < -0.3 is 10.1 Å². The molecule has 22 heavy (non-hydrogen) atoms. The zero-order valence-corrected chi connectivity index (χ0v) is 11.9. The van der Waals surface area contributed by atoms with Crippen LogP contribution in [-0.2, 0) is 6.54 Å². The lowest BCUT2D eigenvalue weighted by molar-refractivity contribution is 0.368. The quantitative estimate of drug-likeness (QED) is 0.781. The summed E-state index contributed by atoms with van der Waals surface area (Å²) in [6.45, 7) is 0.712. The molecule has 0 spiro atoms. The van der Waals surface area contributed by atoms with Crippen molar-refractivity contribution in [2.75, 3.05) is 11.9 Å². The van der Waals surface area contributed by atoms with Crippen LogP contribution in [0.5, 0.6) is 5.75 Å².